The number of nitrogens with two attached hydrogens (primary N) is 1. The van der Waals surface area contributed by atoms with Gasteiger partial charge in [-0.15, -0.1) is 0 Å². The third-order valence-electron chi connectivity index (χ3n) is 1.90. The number of anilines is 1. The summed E-state index contributed by atoms with van der Waals surface area (Å²) in [5.41, 5.74) is 4.95. The first-order valence-corrected chi connectivity index (χ1v) is 5.63. The van der Waals surface area contributed by atoms with E-state index in [-0.39, 0.29) is 5.69 Å². The molecule has 0 aromatic heterocycles. The zero-order valence-corrected chi connectivity index (χ0v) is 9.11. The summed E-state index contributed by atoms with van der Waals surface area (Å²) < 4.78 is 23.0. The minimum Gasteiger partial charge on any atom is -0.478 e. The molecule has 0 amide bonds. The second-order valence-electron chi connectivity index (χ2n) is 3.06. The molecule has 0 saturated heterocycles. The van der Waals surface area contributed by atoms with Crippen molar-refractivity contribution in [3.05, 3.63) is 23.8 Å². The number of carbonyl (C=O) groups is 2. The second-order valence-corrected chi connectivity index (χ2v) is 5.08. The van der Waals surface area contributed by atoms with Crippen molar-refractivity contribution in [1.29, 1.82) is 0 Å². The molecular weight excluding hydrogens is 234 g/mol. The molecule has 0 aliphatic heterocycles. The number of aromatic carboxylic acids is 1. The Labute approximate surface area is 91.6 Å². The van der Waals surface area contributed by atoms with E-state index >= 15 is 0 Å². The predicted octanol–water partition coefficient (Wildman–Crippen LogP) is 0.287. The Morgan fingerprint density at radius 3 is 2.31 bits per heavy atom. The van der Waals surface area contributed by atoms with Crippen LogP contribution < -0.4 is 5.73 Å². The van der Waals surface area contributed by atoms with Gasteiger partial charge in [0.2, 0.25) is 15.0 Å². The Bertz CT molecular complexity index is 561. The van der Waals surface area contributed by atoms with Gasteiger partial charge in [0.1, 0.15) is 0 Å². The highest BCUT2D eigenvalue weighted by Crippen LogP contribution is 2.20. The molecule has 0 spiro atoms. The molecule has 86 valence electrons. The Morgan fingerprint density at radius 1 is 1.31 bits per heavy atom. The molecule has 1 aromatic rings. The van der Waals surface area contributed by atoms with Gasteiger partial charge in [-0.2, -0.15) is 0 Å². The molecule has 0 aliphatic rings. The maximum atomic E-state index is 11.5. The lowest BCUT2D eigenvalue weighted by Gasteiger charge is -2.05. The molecule has 0 aliphatic carbocycles. The highest BCUT2D eigenvalue weighted by atomic mass is 32.2. The van der Waals surface area contributed by atoms with Gasteiger partial charge in [-0.05, 0) is 18.2 Å². The van der Waals surface area contributed by atoms with Crippen molar-refractivity contribution in [3.63, 3.8) is 0 Å². The van der Waals surface area contributed by atoms with Gasteiger partial charge in [-0.25, -0.2) is 13.2 Å². The topological polar surface area (TPSA) is 115 Å². The van der Waals surface area contributed by atoms with Crippen molar-refractivity contribution in [2.75, 3.05) is 5.73 Å². The first-order chi connectivity index (χ1) is 7.26. The quantitative estimate of drug-likeness (QED) is 0.721. The van der Waals surface area contributed by atoms with Crippen LogP contribution in [0.4, 0.5) is 5.69 Å². The molecule has 0 saturated carbocycles. The van der Waals surface area contributed by atoms with Crippen LogP contribution in [0.1, 0.15) is 17.3 Å². The molecule has 1 aromatic carbocycles. The Hall–Kier alpha value is -1.89. The van der Waals surface area contributed by atoms with Crippen molar-refractivity contribution < 1.29 is 23.1 Å². The zero-order valence-electron chi connectivity index (χ0n) is 8.30. The summed E-state index contributed by atoms with van der Waals surface area (Å²) in [6, 6.07) is 3.23. The number of sulfone groups is 1. The van der Waals surface area contributed by atoms with E-state index in [9.17, 15) is 18.0 Å². The highest BCUT2D eigenvalue weighted by Gasteiger charge is 2.26. The van der Waals surface area contributed by atoms with E-state index in [1.54, 1.807) is 0 Å². The minimum atomic E-state index is -4.24. The number of nitrogen functional groups attached to an aromatic ring is 1. The molecule has 0 atom stereocenters. The largest absolute Gasteiger partial charge is 0.478 e. The molecule has 0 heterocycles. The fraction of sp³-hybridized carbons (Fsp3) is 0.111. The first-order valence-electron chi connectivity index (χ1n) is 4.15. The number of carboxylic acids is 1. The Morgan fingerprint density at radius 2 is 1.88 bits per heavy atom. The van der Waals surface area contributed by atoms with Gasteiger partial charge in [0, 0.05) is 12.6 Å². The molecular formula is C9H9NO5S. The third kappa shape index (κ3) is 2.03. The molecule has 0 bridgehead atoms. The summed E-state index contributed by atoms with van der Waals surface area (Å²) >= 11 is 0. The van der Waals surface area contributed by atoms with E-state index in [4.69, 9.17) is 10.8 Å². The van der Waals surface area contributed by atoms with E-state index in [0.29, 0.717) is 0 Å². The van der Waals surface area contributed by atoms with Crippen LogP contribution in [0.25, 0.3) is 0 Å². The maximum absolute atomic E-state index is 11.5. The molecule has 3 N–H and O–H groups in total. The van der Waals surface area contributed by atoms with Crippen molar-refractivity contribution in [1.82, 2.24) is 0 Å². The monoisotopic (exact) mass is 243 g/mol. The van der Waals surface area contributed by atoms with E-state index in [1.165, 1.54) is 6.07 Å². The molecule has 16 heavy (non-hydrogen) atoms. The van der Waals surface area contributed by atoms with Gasteiger partial charge in [-0.1, -0.05) is 0 Å². The molecule has 1 rings (SSSR count). The smallest absolute Gasteiger partial charge is 0.337 e. The zero-order chi connectivity index (χ0) is 12.5. The predicted molar refractivity (Wildman–Crippen MR) is 55.7 cm³/mol. The second kappa shape index (κ2) is 3.93. The van der Waals surface area contributed by atoms with E-state index in [2.05, 4.69) is 0 Å². The fourth-order valence-corrected chi connectivity index (χ4v) is 2.10. The molecule has 7 heteroatoms. The van der Waals surface area contributed by atoms with Gasteiger partial charge < -0.3 is 10.8 Å². The first kappa shape index (κ1) is 12.2. The standard InChI is InChI=1S/C9H9NO5S/c1-5(11)16(14,15)8-3-2-6(10)4-7(8)9(12)13/h2-4H,10H2,1H3,(H,12,13). The Kier molecular flexibility index (Phi) is 2.99. The van der Waals surface area contributed by atoms with Gasteiger partial charge in [0.25, 0.3) is 0 Å². The summed E-state index contributed by atoms with van der Waals surface area (Å²) in [5.74, 6) is -1.45. The summed E-state index contributed by atoms with van der Waals surface area (Å²) in [5, 5.41) is 7.69. The van der Waals surface area contributed by atoms with Gasteiger partial charge in [0.15, 0.2) is 0 Å². The van der Waals surface area contributed by atoms with Crippen LogP contribution in [-0.4, -0.2) is 24.6 Å². The van der Waals surface area contributed by atoms with Crippen molar-refractivity contribution >= 4 is 26.6 Å². The van der Waals surface area contributed by atoms with Gasteiger partial charge >= 0.3 is 5.97 Å². The van der Waals surface area contributed by atoms with Crippen LogP contribution in [-0.2, 0) is 14.6 Å². The molecule has 6 nitrogen and oxygen atoms in total. The van der Waals surface area contributed by atoms with Crippen LogP contribution in [0.5, 0.6) is 0 Å². The van der Waals surface area contributed by atoms with Gasteiger partial charge in [0.05, 0.1) is 10.5 Å². The SMILES string of the molecule is CC(=O)S(=O)(=O)c1ccc(N)cc1C(=O)O. The number of carbonyl (C=O) groups excluding carboxylic acids is 1. The molecule has 0 radical (unpaired) electrons. The van der Waals surface area contributed by atoms with Crippen LogP contribution in [0.15, 0.2) is 23.1 Å². The lowest BCUT2D eigenvalue weighted by Crippen LogP contribution is -2.15. The Balaban J connectivity index is 3.58. The summed E-state index contributed by atoms with van der Waals surface area (Å²) in [6.07, 6.45) is 0. The number of hydrogen-bond donors (Lipinski definition) is 2. The van der Waals surface area contributed by atoms with E-state index in [0.717, 1.165) is 19.1 Å². The molecule has 0 fully saturated rings. The number of hydrogen-bond acceptors (Lipinski definition) is 5. The third-order valence-corrected chi connectivity index (χ3v) is 3.59. The average molecular weight is 243 g/mol. The summed E-state index contributed by atoms with van der Waals surface area (Å²) in [7, 11) is -4.24. The fourth-order valence-electron chi connectivity index (χ4n) is 1.10. The molecule has 0 unspecified atom stereocenters. The van der Waals surface area contributed by atoms with Crippen LogP contribution in [0, 0.1) is 0 Å². The maximum Gasteiger partial charge on any atom is 0.337 e. The van der Waals surface area contributed by atoms with E-state index < -0.39 is 31.4 Å². The normalized spacial score (nSPS) is 11.1. The number of benzene rings is 1. The average Bonchev–Trinajstić information content (AvgIpc) is 2.16. The van der Waals surface area contributed by atoms with Crippen molar-refractivity contribution in [2.24, 2.45) is 0 Å². The lowest BCUT2D eigenvalue weighted by atomic mass is 10.2. The summed E-state index contributed by atoms with van der Waals surface area (Å²) in [6.45, 7) is 0.858. The minimum absolute atomic E-state index is 0.111. The highest BCUT2D eigenvalue weighted by molar-refractivity contribution is 8.06. The number of rotatable bonds is 2. The van der Waals surface area contributed by atoms with Crippen LogP contribution in [0.3, 0.4) is 0 Å². The van der Waals surface area contributed by atoms with Crippen LogP contribution >= 0.6 is 0 Å². The van der Waals surface area contributed by atoms with Crippen LogP contribution in [0.2, 0.25) is 0 Å². The van der Waals surface area contributed by atoms with E-state index in [1.807, 2.05) is 0 Å². The number of carboxylic acid groups (broad SMARTS) is 1. The van der Waals surface area contributed by atoms with Crippen molar-refractivity contribution in [2.45, 2.75) is 11.8 Å². The summed E-state index contributed by atoms with van der Waals surface area (Å²) in [4.78, 5) is 21.2. The lowest BCUT2D eigenvalue weighted by molar-refractivity contribution is -0.109. The van der Waals surface area contributed by atoms with Crippen molar-refractivity contribution in [3.8, 4) is 0 Å². The van der Waals surface area contributed by atoms with Gasteiger partial charge in [-0.3, -0.25) is 4.79 Å².